The van der Waals surface area contributed by atoms with E-state index in [4.69, 9.17) is 16.3 Å². The second kappa shape index (κ2) is 8.64. The molecule has 19 heavy (non-hydrogen) atoms. The second-order valence-electron chi connectivity index (χ2n) is 4.16. The largest absolute Gasteiger partial charge is 0.495 e. The lowest BCUT2D eigenvalue weighted by atomic mass is 10.2. The number of carbonyl (C=O) groups is 1. The van der Waals surface area contributed by atoms with Crippen LogP contribution in [-0.4, -0.2) is 26.7 Å². The Labute approximate surface area is 119 Å². The molecule has 1 N–H and O–H groups in total. The van der Waals surface area contributed by atoms with E-state index in [2.05, 4.69) is 10.1 Å². The Hall–Kier alpha value is -1.42. The third-order valence-corrected chi connectivity index (χ3v) is 3.06. The molecule has 0 heterocycles. The highest BCUT2D eigenvalue weighted by Gasteiger charge is 2.02. The van der Waals surface area contributed by atoms with Crippen molar-refractivity contribution in [2.75, 3.05) is 26.1 Å². The summed E-state index contributed by atoms with van der Waals surface area (Å²) in [7, 11) is 3.01. The number of hydrogen-bond acceptors (Lipinski definition) is 4. The van der Waals surface area contributed by atoms with Gasteiger partial charge in [0.1, 0.15) is 5.75 Å². The second-order valence-corrected chi connectivity index (χ2v) is 4.57. The molecule has 0 atom stereocenters. The van der Waals surface area contributed by atoms with Gasteiger partial charge in [0.15, 0.2) is 0 Å². The van der Waals surface area contributed by atoms with Crippen molar-refractivity contribution in [3.05, 3.63) is 23.2 Å². The third kappa shape index (κ3) is 5.83. The molecule has 5 heteroatoms. The average Bonchev–Trinajstić information content (AvgIpc) is 2.42. The fraction of sp³-hybridized carbons (Fsp3) is 0.500. The minimum atomic E-state index is -0.144. The molecule has 0 amide bonds. The van der Waals surface area contributed by atoms with E-state index in [0.29, 0.717) is 17.2 Å². The molecule has 0 saturated heterocycles. The number of rotatable bonds is 8. The average molecular weight is 286 g/mol. The van der Waals surface area contributed by atoms with Crippen LogP contribution in [0.4, 0.5) is 5.69 Å². The summed E-state index contributed by atoms with van der Waals surface area (Å²) in [6, 6.07) is 5.61. The number of nitrogens with one attached hydrogen (secondary N) is 1. The molecule has 4 nitrogen and oxygen atoms in total. The van der Waals surface area contributed by atoms with Crippen molar-refractivity contribution in [1.29, 1.82) is 0 Å². The van der Waals surface area contributed by atoms with Crippen LogP contribution < -0.4 is 10.1 Å². The van der Waals surface area contributed by atoms with E-state index in [-0.39, 0.29) is 5.97 Å². The van der Waals surface area contributed by atoms with Gasteiger partial charge in [-0.2, -0.15) is 0 Å². The highest BCUT2D eigenvalue weighted by Crippen LogP contribution is 2.27. The van der Waals surface area contributed by atoms with Gasteiger partial charge < -0.3 is 14.8 Å². The first-order valence-electron chi connectivity index (χ1n) is 6.31. The summed E-state index contributed by atoms with van der Waals surface area (Å²) in [5.41, 5.74) is 0.971. The van der Waals surface area contributed by atoms with Crippen LogP contribution in [0.15, 0.2) is 18.2 Å². The predicted octanol–water partition coefficient (Wildman–Crippen LogP) is 3.49. The lowest BCUT2D eigenvalue weighted by Crippen LogP contribution is -2.03. The summed E-state index contributed by atoms with van der Waals surface area (Å²) in [5, 5.41) is 3.88. The number of unbranched alkanes of at least 4 members (excludes halogenated alkanes) is 2. The molecule has 0 unspecified atom stereocenters. The van der Waals surface area contributed by atoms with Gasteiger partial charge in [0.05, 0.1) is 19.2 Å². The van der Waals surface area contributed by atoms with Gasteiger partial charge in [-0.3, -0.25) is 4.79 Å². The highest BCUT2D eigenvalue weighted by atomic mass is 35.5. The normalized spacial score (nSPS) is 10.1. The standard InChI is InChI=1S/C14H20ClNO3/c1-18-13-8-7-11(10-12(13)15)16-9-5-3-4-6-14(17)19-2/h7-8,10,16H,3-6,9H2,1-2H3. The number of ether oxygens (including phenoxy) is 2. The summed E-state index contributed by atoms with van der Waals surface area (Å²) >= 11 is 6.03. The van der Waals surface area contributed by atoms with Crippen molar-refractivity contribution in [1.82, 2.24) is 0 Å². The van der Waals surface area contributed by atoms with Gasteiger partial charge in [-0.15, -0.1) is 0 Å². The van der Waals surface area contributed by atoms with Crippen molar-refractivity contribution in [2.45, 2.75) is 25.7 Å². The van der Waals surface area contributed by atoms with Crippen molar-refractivity contribution < 1.29 is 14.3 Å². The maximum absolute atomic E-state index is 10.9. The molecule has 0 saturated carbocycles. The fourth-order valence-corrected chi connectivity index (χ4v) is 1.94. The van der Waals surface area contributed by atoms with Crippen LogP contribution in [0.25, 0.3) is 0 Å². The van der Waals surface area contributed by atoms with Gasteiger partial charge in [-0.1, -0.05) is 18.0 Å². The van der Waals surface area contributed by atoms with Crippen molar-refractivity contribution in [3.8, 4) is 5.75 Å². The molecule has 0 radical (unpaired) electrons. The molecule has 0 spiro atoms. The van der Waals surface area contributed by atoms with Crippen LogP contribution >= 0.6 is 11.6 Å². The minimum Gasteiger partial charge on any atom is -0.495 e. The molecular formula is C14H20ClNO3. The molecule has 106 valence electrons. The van der Waals surface area contributed by atoms with E-state index < -0.39 is 0 Å². The smallest absolute Gasteiger partial charge is 0.305 e. The Morgan fingerprint density at radius 3 is 2.68 bits per heavy atom. The summed E-state index contributed by atoms with van der Waals surface area (Å²) in [4.78, 5) is 10.9. The van der Waals surface area contributed by atoms with E-state index in [1.54, 1.807) is 7.11 Å². The number of hydrogen-bond donors (Lipinski definition) is 1. The first-order chi connectivity index (χ1) is 9.17. The summed E-state index contributed by atoms with van der Waals surface area (Å²) < 4.78 is 9.67. The Kier molecular flexibility index (Phi) is 7.11. The number of anilines is 1. The third-order valence-electron chi connectivity index (χ3n) is 2.77. The number of esters is 1. The van der Waals surface area contributed by atoms with E-state index in [1.165, 1.54) is 7.11 Å². The number of methoxy groups -OCH3 is 2. The maximum atomic E-state index is 10.9. The molecule has 0 aliphatic rings. The topological polar surface area (TPSA) is 47.6 Å². The first-order valence-corrected chi connectivity index (χ1v) is 6.69. The molecular weight excluding hydrogens is 266 g/mol. The zero-order chi connectivity index (χ0) is 14.1. The Bertz CT molecular complexity index is 410. The molecule has 0 fully saturated rings. The number of halogens is 1. The highest BCUT2D eigenvalue weighted by molar-refractivity contribution is 6.32. The Morgan fingerprint density at radius 2 is 2.05 bits per heavy atom. The fourth-order valence-electron chi connectivity index (χ4n) is 1.68. The molecule has 0 bridgehead atoms. The van der Waals surface area contributed by atoms with Crippen LogP contribution in [0.5, 0.6) is 5.75 Å². The Balaban J connectivity index is 2.19. The first kappa shape index (κ1) is 15.6. The van der Waals surface area contributed by atoms with Gasteiger partial charge in [0.25, 0.3) is 0 Å². The molecule has 1 aromatic rings. The zero-order valence-corrected chi connectivity index (χ0v) is 12.1. The maximum Gasteiger partial charge on any atom is 0.305 e. The summed E-state index contributed by atoms with van der Waals surface area (Å²) in [6.07, 6.45) is 3.34. The van der Waals surface area contributed by atoms with Gasteiger partial charge in [-0.25, -0.2) is 0 Å². The van der Waals surface area contributed by atoms with Crippen LogP contribution in [0.3, 0.4) is 0 Å². The summed E-state index contributed by atoms with van der Waals surface area (Å²) in [6.45, 7) is 0.851. The molecule has 1 aromatic carbocycles. The van der Waals surface area contributed by atoms with E-state index in [0.717, 1.165) is 31.5 Å². The molecule has 0 aromatic heterocycles. The van der Waals surface area contributed by atoms with Crippen molar-refractivity contribution >= 4 is 23.3 Å². The van der Waals surface area contributed by atoms with E-state index in [9.17, 15) is 4.79 Å². The molecule has 0 aliphatic heterocycles. The minimum absolute atomic E-state index is 0.144. The van der Waals surface area contributed by atoms with E-state index >= 15 is 0 Å². The van der Waals surface area contributed by atoms with Gasteiger partial charge in [0.2, 0.25) is 0 Å². The van der Waals surface area contributed by atoms with Crippen molar-refractivity contribution in [3.63, 3.8) is 0 Å². The predicted molar refractivity (Wildman–Crippen MR) is 77.0 cm³/mol. The summed E-state index contributed by atoms with van der Waals surface area (Å²) in [5.74, 6) is 0.528. The van der Waals surface area contributed by atoms with Crippen LogP contribution in [0.2, 0.25) is 5.02 Å². The SMILES string of the molecule is COC(=O)CCCCCNc1ccc(OC)c(Cl)c1. The van der Waals surface area contributed by atoms with Crippen LogP contribution in [-0.2, 0) is 9.53 Å². The number of benzene rings is 1. The quantitative estimate of drug-likeness (QED) is 0.587. The van der Waals surface area contributed by atoms with Crippen molar-refractivity contribution in [2.24, 2.45) is 0 Å². The van der Waals surface area contributed by atoms with Gasteiger partial charge in [0, 0.05) is 18.7 Å². The van der Waals surface area contributed by atoms with E-state index in [1.807, 2.05) is 18.2 Å². The number of carbonyl (C=O) groups excluding carboxylic acids is 1. The van der Waals surface area contributed by atoms with Crippen LogP contribution in [0.1, 0.15) is 25.7 Å². The zero-order valence-electron chi connectivity index (χ0n) is 11.4. The lowest BCUT2D eigenvalue weighted by molar-refractivity contribution is -0.140. The molecule has 0 aliphatic carbocycles. The lowest BCUT2D eigenvalue weighted by Gasteiger charge is -2.08. The Morgan fingerprint density at radius 1 is 1.26 bits per heavy atom. The van der Waals surface area contributed by atoms with Gasteiger partial charge >= 0.3 is 5.97 Å². The van der Waals surface area contributed by atoms with Gasteiger partial charge in [-0.05, 0) is 31.0 Å². The monoisotopic (exact) mass is 285 g/mol. The van der Waals surface area contributed by atoms with Crippen LogP contribution in [0, 0.1) is 0 Å². The molecule has 1 rings (SSSR count).